The number of likely N-dealkylation sites (tertiary alicyclic amines) is 1. The van der Waals surface area contributed by atoms with E-state index in [0.29, 0.717) is 18.4 Å². The van der Waals surface area contributed by atoms with Gasteiger partial charge in [-0.3, -0.25) is 24.0 Å². The van der Waals surface area contributed by atoms with Gasteiger partial charge < -0.3 is 40.0 Å². The molecule has 1 aliphatic rings. The number of hydrogen-bond donors (Lipinski definition) is 3. The third-order valence-electron chi connectivity index (χ3n) is 11.4. The van der Waals surface area contributed by atoms with Crippen molar-refractivity contribution < 1.29 is 38.2 Å². The monoisotopic (exact) mass is 760 g/mol. The lowest BCUT2D eigenvalue weighted by Crippen LogP contribution is -2.61. The number of ketones is 1. The number of rotatable bonds is 21. The molecule has 1 unspecified atom stereocenters. The summed E-state index contributed by atoms with van der Waals surface area (Å²) in [6.07, 6.45) is -0.691. The van der Waals surface area contributed by atoms with E-state index in [1.165, 1.54) is 14.2 Å². The molecular weight excluding hydrogens is 690 g/mol. The first kappa shape index (κ1) is 46.8. The highest BCUT2D eigenvalue weighted by Gasteiger charge is 2.53. The Labute approximate surface area is 324 Å². The van der Waals surface area contributed by atoms with Crippen molar-refractivity contribution in [3.05, 3.63) is 35.9 Å². The molecule has 1 aliphatic heterocycles. The Balaban J connectivity index is 2.38. The molecule has 1 heterocycles. The Morgan fingerprint density at radius 3 is 1.96 bits per heavy atom. The molecule has 0 aliphatic carbocycles. The fraction of sp³-hybridized carbons (Fsp3) is 0.732. The van der Waals surface area contributed by atoms with Crippen molar-refractivity contribution in [1.82, 2.24) is 25.8 Å². The third-order valence-corrected chi connectivity index (χ3v) is 11.4. The van der Waals surface area contributed by atoms with E-state index in [0.717, 1.165) is 0 Å². The maximum atomic E-state index is 14.5. The summed E-state index contributed by atoms with van der Waals surface area (Å²) >= 11 is 0. The van der Waals surface area contributed by atoms with Crippen LogP contribution in [0, 0.1) is 23.7 Å². The van der Waals surface area contributed by atoms with Gasteiger partial charge in [-0.2, -0.15) is 0 Å². The molecule has 0 spiro atoms. The van der Waals surface area contributed by atoms with Crippen LogP contribution in [-0.4, -0.2) is 129 Å². The minimum absolute atomic E-state index is 0.0175. The van der Waals surface area contributed by atoms with Crippen LogP contribution < -0.4 is 16.0 Å². The Morgan fingerprint density at radius 1 is 0.889 bits per heavy atom. The molecule has 2 rings (SSSR count). The van der Waals surface area contributed by atoms with Crippen molar-refractivity contribution in [3.8, 4) is 0 Å². The summed E-state index contributed by atoms with van der Waals surface area (Å²) in [4.78, 5) is 72.0. The minimum atomic E-state index is -0.963. The average Bonchev–Trinajstić information content (AvgIpc) is 3.49. The highest BCUT2D eigenvalue weighted by Crippen LogP contribution is 2.39. The third kappa shape index (κ3) is 11.1. The predicted octanol–water partition coefficient (Wildman–Crippen LogP) is 3.69. The topological polar surface area (TPSA) is 156 Å². The Kier molecular flexibility index (Phi) is 18.2. The van der Waals surface area contributed by atoms with Gasteiger partial charge in [0.25, 0.3) is 0 Å². The van der Waals surface area contributed by atoms with E-state index < -0.39 is 47.8 Å². The number of carbonyl (C=O) groups is 5. The number of nitrogens with zero attached hydrogens (tertiary/aromatic N) is 2. The molecule has 1 aromatic rings. The average molecular weight is 760 g/mol. The molecule has 306 valence electrons. The number of amides is 4. The highest BCUT2D eigenvalue weighted by molar-refractivity contribution is 6.01. The lowest BCUT2D eigenvalue weighted by atomic mass is 9.82. The van der Waals surface area contributed by atoms with Gasteiger partial charge in [0, 0.05) is 46.9 Å². The van der Waals surface area contributed by atoms with E-state index in [2.05, 4.69) is 16.0 Å². The zero-order valence-electron chi connectivity index (χ0n) is 35.2. The molecular formula is C41H69N5O8. The summed E-state index contributed by atoms with van der Waals surface area (Å²) in [5.41, 5.74) is -0.466. The summed E-state index contributed by atoms with van der Waals surface area (Å²) in [5.74, 6) is -2.32. The summed E-state index contributed by atoms with van der Waals surface area (Å²) in [6, 6.07) is 6.26. The van der Waals surface area contributed by atoms with Gasteiger partial charge in [0.05, 0.1) is 54.3 Å². The highest BCUT2D eigenvalue weighted by atomic mass is 16.5. The second kappa shape index (κ2) is 21.1. The minimum Gasteiger partial charge on any atom is -0.380 e. The molecule has 0 bridgehead atoms. The molecule has 1 saturated heterocycles. The van der Waals surface area contributed by atoms with E-state index in [-0.39, 0.29) is 66.2 Å². The van der Waals surface area contributed by atoms with Gasteiger partial charge in [-0.1, -0.05) is 85.2 Å². The smallest absolute Gasteiger partial charge is 0.245 e. The molecule has 0 saturated carbocycles. The maximum absolute atomic E-state index is 14.5. The summed E-state index contributed by atoms with van der Waals surface area (Å²) < 4.78 is 17.8. The number of hydrogen-bond acceptors (Lipinski definition) is 9. The van der Waals surface area contributed by atoms with Crippen molar-refractivity contribution in [2.45, 2.75) is 130 Å². The first-order chi connectivity index (χ1) is 25.3. The number of benzene rings is 1. The molecule has 1 fully saturated rings. The molecule has 0 aromatic heterocycles. The van der Waals surface area contributed by atoms with Gasteiger partial charge in [-0.05, 0) is 38.6 Å². The lowest BCUT2D eigenvalue weighted by Gasteiger charge is -2.44. The van der Waals surface area contributed by atoms with Crippen LogP contribution in [0.25, 0.3) is 0 Å². The van der Waals surface area contributed by atoms with Gasteiger partial charge in [0.1, 0.15) is 6.04 Å². The molecule has 4 amide bonds. The Hall–Kier alpha value is -3.39. The number of carbonyl (C=O) groups excluding carboxylic acids is 5. The van der Waals surface area contributed by atoms with Gasteiger partial charge in [0.15, 0.2) is 5.78 Å². The predicted molar refractivity (Wildman–Crippen MR) is 210 cm³/mol. The van der Waals surface area contributed by atoms with Crippen LogP contribution in [0.5, 0.6) is 0 Å². The van der Waals surface area contributed by atoms with Crippen molar-refractivity contribution in [3.63, 3.8) is 0 Å². The van der Waals surface area contributed by atoms with Crippen LogP contribution in [-0.2, 0) is 33.4 Å². The van der Waals surface area contributed by atoms with E-state index in [1.54, 1.807) is 69.1 Å². The van der Waals surface area contributed by atoms with Gasteiger partial charge in [0.2, 0.25) is 23.6 Å². The summed E-state index contributed by atoms with van der Waals surface area (Å²) in [7, 11) is 8.08. The Morgan fingerprint density at radius 2 is 1.48 bits per heavy atom. The van der Waals surface area contributed by atoms with Crippen LogP contribution in [0.4, 0.5) is 0 Å². The van der Waals surface area contributed by atoms with E-state index in [1.807, 2.05) is 54.5 Å². The zero-order valence-corrected chi connectivity index (χ0v) is 35.2. The van der Waals surface area contributed by atoms with Crippen LogP contribution in [0.3, 0.4) is 0 Å². The fourth-order valence-electron chi connectivity index (χ4n) is 8.01. The molecule has 10 atom stereocenters. The van der Waals surface area contributed by atoms with E-state index in [4.69, 9.17) is 14.2 Å². The second-order valence-corrected chi connectivity index (χ2v) is 15.9. The Bertz CT molecular complexity index is 1390. The quantitative estimate of drug-likeness (QED) is 0.159. The number of methoxy groups -OCH3 is 3. The second-order valence-electron chi connectivity index (χ2n) is 15.9. The molecule has 3 N–H and O–H groups in total. The van der Waals surface area contributed by atoms with Crippen LogP contribution in [0.2, 0.25) is 0 Å². The first-order valence-corrected chi connectivity index (χ1v) is 19.4. The molecule has 54 heavy (non-hydrogen) atoms. The largest absolute Gasteiger partial charge is 0.380 e. The van der Waals surface area contributed by atoms with Crippen molar-refractivity contribution in [2.24, 2.45) is 23.7 Å². The van der Waals surface area contributed by atoms with Crippen molar-refractivity contribution in [1.29, 1.82) is 0 Å². The lowest BCUT2D eigenvalue weighted by molar-refractivity contribution is -0.152. The number of nitrogens with one attached hydrogen (secondary N) is 3. The van der Waals surface area contributed by atoms with E-state index in [9.17, 15) is 24.0 Å². The zero-order chi connectivity index (χ0) is 41.1. The number of Topliss-reactive ketones (excluding diaryl/α,β-unsaturated/α-hetero) is 1. The maximum Gasteiger partial charge on any atom is 0.245 e. The van der Waals surface area contributed by atoms with Gasteiger partial charge in [-0.15, -0.1) is 0 Å². The molecule has 0 radical (unpaired) electrons. The summed E-state index contributed by atoms with van der Waals surface area (Å²) in [6.45, 7) is 17.3. The molecule has 13 nitrogen and oxygen atoms in total. The van der Waals surface area contributed by atoms with Crippen LogP contribution in [0.15, 0.2) is 30.3 Å². The molecule has 13 heteroatoms. The SMILES string of the molecule is CCC(C)[C@@H]([C@@H](CC(=O)N1C[C@H](OC)C[C@@]1(C)[C@H](OC)[C@@H](C)C(=O)N[C@@H](C)C(=O)c1ccccc1)OC)N(C)C(=O)[C@@H](NC(=O)[C@@H](NC)C(C)C)C(C)C. The van der Waals surface area contributed by atoms with Crippen molar-refractivity contribution in [2.75, 3.05) is 42.0 Å². The number of ether oxygens (including phenoxy) is 3. The van der Waals surface area contributed by atoms with Crippen LogP contribution >= 0.6 is 0 Å². The number of likely N-dealkylation sites (N-methyl/N-ethyl adjacent to an activating group) is 2. The van der Waals surface area contributed by atoms with Gasteiger partial charge in [-0.25, -0.2) is 0 Å². The van der Waals surface area contributed by atoms with Gasteiger partial charge >= 0.3 is 0 Å². The van der Waals surface area contributed by atoms with Crippen molar-refractivity contribution >= 4 is 29.4 Å². The van der Waals surface area contributed by atoms with Crippen LogP contribution in [0.1, 0.15) is 91.9 Å². The standard InChI is InChI=1S/C41H69N5O8/c1-15-26(6)35(45(11)40(51)34(25(4)5)44-39(50)33(42-10)24(2)3)31(53-13)21-32(47)46-23-30(52-12)22-41(46,9)37(54-14)27(7)38(49)43-28(8)36(48)29-19-17-16-18-20-29/h16-20,24-28,30-31,33-35,37,42H,15,21-23H2,1-14H3,(H,43,49)(H,44,50)/t26?,27-,28+,30-,31-,33+,34+,35+,37-,41+/m1/s1. The summed E-state index contributed by atoms with van der Waals surface area (Å²) in [5, 5.41) is 8.88. The first-order valence-electron chi connectivity index (χ1n) is 19.4. The molecule has 1 aromatic carbocycles. The fourth-order valence-corrected chi connectivity index (χ4v) is 8.01. The normalized spacial score (nSPS) is 21.8. The van der Waals surface area contributed by atoms with E-state index >= 15 is 0 Å².